The Hall–Kier alpha value is -2.38. The molecule has 2 aromatic carbocycles. The third kappa shape index (κ3) is 5.10. The molecule has 1 aliphatic carbocycles. The van der Waals surface area contributed by atoms with E-state index in [9.17, 15) is 13.2 Å². The Morgan fingerprint density at radius 1 is 1.03 bits per heavy atom. The van der Waals surface area contributed by atoms with Gasteiger partial charge in [-0.25, -0.2) is 8.42 Å². The third-order valence-electron chi connectivity index (χ3n) is 6.19. The van der Waals surface area contributed by atoms with Crippen LogP contribution >= 0.6 is 0 Å². The van der Waals surface area contributed by atoms with Crippen molar-refractivity contribution in [1.29, 1.82) is 0 Å². The van der Waals surface area contributed by atoms with Gasteiger partial charge in [0.05, 0.1) is 4.90 Å². The van der Waals surface area contributed by atoms with Gasteiger partial charge < -0.3 is 10.1 Å². The summed E-state index contributed by atoms with van der Waals surface area (Å²) in [6.07, 6.45) is 5.65. The van der Waals surface area contributed by atoms with Gasteiger partial charge in [0, 0.05) is 19.1 Å². The monoisotopic (exact) mass is 442 g/mol. The number of rotatable bonds is 6. The normalized spacial score (nSPS) is 18.7. The lowest BCUT2D eigenvalue weighted by Gasteiger charge is -2.28. The first-order valence-corrected chi connectivity index (χ1v) is 12.5. The lowest BCUT2D eigenvalue weighted by atomic mass is 9.95. The third-order valence-corrected chi connectivity index (χ3v) is 8.05. The molecule has 4 rings (SSSR count). The summed E-state index contributed by atoms with van der Waals surface area (Å²) in [5, 5.41) is 3.06. The molecule has 1 N–H and O–H groups in total. The molecule has 0 radical (unpaired) electrons. The molecule has 1 atom stereocenters. The van der Waals surface area contributed by atoms with Crippen LogP contribution in [0.2, 0.25) is 0 Å². The number of carbonyl (C=O) groups is 1. The molecule has 0 saturated heterocycles. The van der Waals surface area contributed by atoms with E-state index in [1.807, 2.05) is 18.2 Å². The van der Waals surface area contributed by atoms with Crippen molar-refractivity contribution >= 4 is 15.9 Å². The molecular weight excluding hydrogens is 412 g/mol. The van der Waals surface area contributed by atoms with E-state index in [1.54, 1.807) is 31.2 Å². The molecule has 0 unspecified atom stereocenters. The highest BCUT2D eigenvalue weighted by Gasteiger charge is 2.28. The average Bonchev–Trinajstić information content (AvgIpc) is 2.79. The Bertz CT molecular complexity index is 1010. The number of ether oxygens (including phenoxy) is 1. The Labute approximate surface area is 184 Å². The molecule has 1 aliphatic heterocycles. The number of hydrogen-bond acceptors (Lipinski definition) is 4. The van der Waals surface area contributed by atoms with Gasteiger partial charge in [-0.3, -0.25) is 4.79 Å². The maximum atomic E-state index is 13.1. The largest absolute Gasteiger partial charge is 0.481 e. The van der Waals surface area contributed by atoms with Gasteiger partial charge in [-0.15, -0.1) is 0 Å². The first-order chi connectivity index (χ1) is 14.9. The predicted molar refractivity (Wildman–Crippen MR) is 119 cm³/mol. The zero-order valence-electron chi connectivity index (χ0n) is 17.9. The summed E-state index contributed by atoms with van der Waals surface area (Å²) in [5.74, 6) is 0.352. The van der Waals surface area contributed by atoms with Crippen molar-refractivity contribution in [2.45, 2.75) is 69.0 Å². The Morgan fingerprint density at radius 2 is 1.71 bits per heavy atom. The topological polar surface area (TPSA) is 75.7 Å². The molecule has 0 spiro atoms. The van der Waals surface area contributed by atoms with Gasteiger partial charge in [0.15, 0.2) is 6.10 Å². The van der Waals surface area contributed by atoms with Crippen LogP contribution in [-0.4, -0.2) is 37.3 Å². The first kappa shape index (κ1) is 21.8. The van der Waals surface area contributed by atoms with E-state index in [0.29, 0.717) is 25.3 Å². The van der Waals surface area contributed by atoms with Crippen molar-refractivity contribution in [2.24, 2.45) is 0 Å². The summed E-state index contributed by atoms with van der Waals surface area (Å²) >= 11 is 0. The molecule has 1 saturated carbocycles. The van der Waals surface area contributed by atoms with Crippen molar-refractivity contribution in [1.82, 2.24) is 9.62 Å². The standard InChI is InChI=1S/C24H30N2O4S/c1-18(24(27)25-21-9-3-2-4-10-21)30-22-11-13-23(14-12-22)31(28,29)26-16-15-19-7-5-6-8-20(19)17-26/h5-8,11-14,18,21H,2-4,9-10,15-17H2,1H3,(H,25,27)/t18-/m1/s1. The minimum Gasteiger partial charge on any atom is -0.481 e. The van der Waals surface area contributed by atoms with Gasteiger partial charge in [-0.2, -0.15) is 4.31 Å². The SMILES string of the molecule is C[C@@H](Oc1ccc(S(=O)(=O)N2CCc3ccccc3C2)cc1)C(=O)NC1CCCCC1. The Balaban J connectivity index is 1.37. The fraction of sp³-hybridized carbons (Fsp3) is 0.458. The van der Waals surface area contributed by atoms with E-state index < -0.39 is 16.1 Å². The van der Waals surface area contributed by atoms with Crippen LogP contribution < -0.4 is 10.1 Å². The number of sulfonamides is 1. The second-order valence-electron chi connectivity index (χ2n) is 8.43. The van der Waals surface area contributed by atoms with Gasteiger partial charge in [-0.1, -0.05) is 43.5 Å². The summed E-state index contributed by atoms with van der Waals surface area (Å²) in [5.41, 5.74) is 2.26. The first-order valence-electron chi connectivity index (χ1n) is 11.1. The smallest absolute Gasteiger partial charge is 0.260 e. The summed E-state index contributed by atoms with van der Waals surface area (Å²) in [7, 11) is -3.59. The number of hydrogen-bond donors (Lipinski definition) is 1. The minimum absolute atomic E-state index is 0.129. The van der Waals surface area contributed by atoms with E-state index >= 15 is 0 Å². The molecule has 1 fully saturated rings. The average molecular weight is 443 g/mol. The number of fused-ring (bicyclic) bond motifs is 1. The number of benzene rings is 2. The number of carbonyl (C=O) groups excluding carboxylic acids is 1. The van der Waals surface area contributed by atoms with Crippen LogP contribution in [0.4, 0.5) is 0 Å². The van der Waals surface area contributed by atoms with Crippen molar-refractivity contribution in [3.63, 3.8) is 0 Å². The van der Waals surface area contributed by atoms with Gasteiger partial charge in [0.2, 0.25) is 10.0 Å². The zero-order valence-corrected chi connectivity index (χ0v) is 18.7. The highest BCUT2D eigenvalue weighted by Crippen LogP contribution is 2.26. The lowest BCUT2D eigenvalue weighted by Crippen LogP contribution is -2.43. The van der Waals surface area contributed by atoms with E-state index in [4.69, 9.17) is 4.74 Å². The van der Waals surface area contributed by atoms with Crippen LogP contribution in [0.15, 0.2) is 53.4 Å². The number of nitrogens with one attached hydrogen (secondary N) is 1. The molecule has 6 nitrogen and oxygen atoms in total. The summed E-state index contributed by atoms with van der Waals surface area (Å²) in [4.78, 5) is 12.6. The molecule has 1 heterocycles. The van der Waals surface area contributed by atoms with Crippen molar-refractivity contribution in [3.8, 4) is 5.75 Å². The Kier molecular flexibility index (Phi) is 6.62. The van der Waals surface area contributed by atoms with E-state index in [-0.39, 0.29) is 16.8 Å². The summed E-state index contributed by atoms with van der Waals surface area (Å²) in [6, 6.07) is 14.5. The van der Waals surface area contributed by atoms with Crippen LogP contribution in [0.25, 0.3) is 0 Å². The van der Waals surface area contributed by atoms with Crippen LogP contribution in [0.1, 0.15) is 50.2 Å². The minimum atomic E-state index is -3.59. The number of nitrogens with zero attached hydrogens (tertiary/aromatic N) is 1. The molecule has 0 aromatic heterocycles. The second kappa shape index (κ2) is 9.40. The van der Waals surface area contributed by atoms with Gasteiger partial charge in [0.1, 0.15) is 5.75 Å². The highest BCUT2D eigenvalue weighted by atomic mass is 32.2. The van der Waals surface area contributed by atoms with Crippen LogP contribution in [0.5, 0.6) is 5.75 Å². The fourth-order valence-electron chi connectivity index (χ4n) is 4.34. The van der Waals surface area contributed by atoms with Crippen molar-refractivity contribution < 1.29 is 17.9 Å². The van der Waals surface area contributed by atoms with E-state index in [2.05, 4.69) is 11.4 Å². The molecule has 2 aliphatic rings. The van der Waals surface area contributed by atoms with Crippen LogP contribution in [0.3, 0.4) is 0 Å². The molecule has 7 heteroatoms. The van der Waals surface area contributed by atoms with E-state index in [0.717, 1.165) is 31.2 Å². The molecule has 1 amide bonds. The molecule has 0 bridgehead atoms. The summed E-state index contributed by atoms with van der Waals surface area (Å²) < 4.78 is 33.4. The van der Waals surface area contributed by atoms with Crippen molar-refractivity contribution in [3.05, 3.63) is 59.7 Å². The van der Waals surface area contributed by atoms with Crippen molar-refractivity contribution in [2.75, 3.05) is 6.54 Å². The zero-order chi connectivity index (χ0) is 21.8. The Morgan fingerprint density at radius 3 is 2.42 bits per heavy atom. The maximum absolute atomic E-state index is 13.1. The van der Waals surface area contributed by atoms with Crippen LogP contribution in [0, 0.1) is 0 Å². The number of amides is 1. The quantitative estimate of drug-likeness (QED) is 0.741. The van der Waals surface area contributed by atoms with Gasteiger partial charge >= 0.3 is 0 Å². The van der Waals surface area contributed by atoms with Gasteiger partial charge in [-0.05, 0) is 61.6 Å². The molecule has 31 heavy (non-hydrogen) atoms. The van der Waals surface area contributed by atoms with E-state index in [1.165, 1.54) is 16.3 Å². The van der Waals surface area contributed by atoms with Crippen LogP contribution in [-0.2, 0) is 27.8 Å². The highest BCUT2D eigenvalue weighted by molar-refractivity contribution is 7.89. The maximum Gasteiger partial charge on any atom is 0.260 e. The second-order valence-corrected chi connectivity index (χ2v) is 10.4. The lowest BCUT2D eigenvalue weighted by molar-refractivity contribution is -0.128. The van der Waals surface area contributed by atoms with Gasteiger partial charge in [0.25, 0.3) is 5.91 Å². The predicted octanol–water partition coefficient (Wildman–Crippen LogP) is 3.65. The molecular formula is C24H30N2O4S. The fourth-order valence-corrected chi connectivity index (χ4v) is 5.76. The summed E-state index contributed by atoms with van der Waals surface area (Å²) in [6.45, 7) is 2.57. The molecule has 2 aromatic rings. The molecule has 166 valence electrons.